The van der Waals surface area contributed by atoms with Crippen LogP contribution in [0.4, 0.5) is 0 Å². The molecule has 1 rings (SSSR count). The van der Waals surface area contributed by atoms with Crippen LogP contribution in [0.15, 0.2) is 24.3 Å². The van der Waals surface area contributed by atoms with Crippen molar-refractivity contribution in [2.24, 2.45) is 0 Å². The van der Waals surface area contributed by atoms with Crippen LogP contribution in [-0.2, 0) is 0 Å². The maximum atomic E-state index is 5.64. The molecule has 1 aromatic carbocycles. The molecule has 17 heavy (non-hydrogen) atoms. The summed E-state index contributed by atoms with van der Waals surface area (Å²) in [6.45, 7) is 3.67. The van der Waals surface area contributed by atoms with Gasteiger partial charge in [0.15, 0.2) is 0 Å². The van der Waals surface area contributed by atoms with Gasteiger partial charge in [-0.15, -0.1) is 0 Å². The summed E-state index contributed by atoms with van der Waals surface area (Å²) in [5.41, 5.74) is 0. The lowest BCUT2D eigenvalue weighted by Gasteiger charge is -2.07. The number of rotatable bonds is 9. The highest BCUT2D eigenvalue weighted by Crippen LogP contribution is 2.18. The molecule has 0 bridgehead atoms. The van der Waals surface area contributed by atoms with Crippen molar-refractivity contribution in [1.29, 1.82) is 0 Å². The summed E-state index contributed by atoms with van der Waals surface area (Å²) < 4.78 is 11.1. The molecule has 1 aromatic rings. The highest BCUT2D eigenvalue weighted by Gasteiger charge is 1.96. The van der Waals surface area contributed by atoms with E-state index >= 15 is 0 Å². The molecule has 0 saturated carbocycles. The SMILES string of the molecule is CCCOc1ccc(OCCCCCBr)cc1. The average molecular weight is 301 g/mol. The summed E-state index contributed by atoms with van der Waals surface area (Å²) in [7, 11) is 0. The predicted molar refractivity (Wildman–Crippen MR) is 75.4 cm³/mol. The van der Waals surface area contributed by atoms with Crippen LogP contribution in [0.25, 0.3) is 0 Å². The Morgan fingerprint density at radius 1 is 0.882 bits per heavy atom. The Hall–Kier alpha value is -0.700. The van der Waals surface area contributed by atoms with E-state index in [9.17, 15) is 0 Å². The molecule has 0 fully saturated rings. The van der Waals surface area contributed by atoms with E-state index in [1.54, 1.807) is 0 Å². The normalized spacial score (nSPS) is 10.2. The fourth-order valence-electron chi connectivity index (χ4n) is 1.42. The minimum absolute atomic E-state index is 0.771. The monoisotopic (exact) mass is 300 g/mol. The maximum absolute atomic E-state index is 5.64. The van der Waals surface area contributed by atoms with Crippen LogP contribution in [0, 0.1) is 0 Å². The summed E-state index contributed by atoms with van der Waals surface area (Å²) in [5.74, 6) is 1.84. The van der Waals surface area contributed by atoms with Crippen LogP contribution < -0.4 is 9.47 Å². The van der Waals surface area contributed by atoms with E-state index in [4.69, 9.17) is 9.47 Å². The lowest BCUT2D eigenvalue weighted by Crippen LogP contribution is -1.98. The van der Waals surface area contributed by atoms with Gasteiger partial charge in [-0.1, -0.05) is 22.9 Å². The van der Waals surface area contributed by atoms with E-state index in [2.05, 4.69) is 22.9 Å². The summed E-state index contributed by atoms with van der Waals surface area (Å²) in [6, 6.07) is 7.86. The van der Waals surface area contributed by atoms with Crippen molar-refractivity contribution in [1.82, 2.24) is 0 Å². The fourth-order valence-corrected chi connectivity index (χ4v) is 1.81. The molecule has 0 saturated heterocycles. The zero-order valence-electron chi connectivity index (χ0n) is 10.5. The largest absolute Gasteiger partial charge is 0.494 e. The van der Waals surface area contributed by atoms with Crippen molar-refractivity contribution < 1.29 is 9.47 Å². The molecule has 0 unspecified atom stereocenters. The molecule has 0 atom stereocenters. The zero-order valence-corrected chi connectivity index (χ0v) is 12.0. The summed E-state index contributed by atoms with van der Waals surface area (Å²) in [6.07, 6.45) is 4.57. The molecule has 3 heteroatoms. The summed E-state index contributed by atoms with van der Waals surface area (Å²) >= 11 is 3.42. The van der Waals surface area contributed by atoms with E-state index < -0.39 is 0 Å². The first-order valence-electron chi connectivity index (χ1n) is 6.28. The van der Waals surface area contributed by atoms with Gasteiger partial charge in [0.2, 0.25) is 0 Å². The lowest BCUT2D eigenvalue weighted by molar-refractivity contribution is 0.302. The average Bonchev–Trinajstić information content (AvgIpc) is 2.37. The van der Waals surface area contributed by atoms with Gasteiger partial charge in [-0.05, 0) is 49.9 Å². The van der Waals surface area contributed by atoms with Crippen LogP contribution in [0.1, 0.15) is 32.6 Å². The van der Waals surface area contributed by atoms with Gasteiger partial charge in [0.25, 0.3) is 0 Å². The lowest BCUT2D eigenvalue weighted by atomic mass is 10.3. The smallest absolute Gasteiger partial charge is 0.119 e. The Bertz CT molecular complexity index is 285. The van der Waals surface area contributed by atoms with E-state index in [-0.39, 0.29) is 0 Å². The first-order valence-corrected chi connectivity index (χ1v) is 7.40. The van der Waals surface area contributed by atoms with Gasteiger partial charge in [-0.3, -0.25) is 0 Å². The van der Waals surface area contributed by atoms with Crippen LogP contribution in [0.2, 0.25) is 0 Å². The summed E-state index contributed by atoms with van der Waals surface area (Å²) in [4.78, 5) is 0. The van der Waals surface area contributed by atoms with Crippen LogP contribution in [-0.4, -0.2) is 18.5 Å². The fraction of sp³-hybridized carbons (Fsp3) is 0.571. The number of ether oxygens (including phenoxy) is 2. The highest BCUT2D eigenvalue weighted by molar-refractivity contribution is 9.09. The van der Waals surface area contributed by atoms with Crippen LogP contribution in [0.5, 0.6) is 11.5 Å². The van der Waals surface area contributed by atoms with E-state index in [0.717, 1.165) is 42.9 Å². The Kier molecular flexibility index (Phi) is 7.89. The third-order valence-electron chi connectivity index (χ3n) is 2.34. The molecular formula is C14H21BrO2. The van der Waals surface area contributed by atoms with Gasteiger partial charge in [0.1, 0.15) is 11.5 Å². The topological polar surface area (TPSA) is 18.5 Å². The molecule has 0 aliphatic rings. The molecule has 0 spiro atoms. The predicted octanol–water partition coefficient (Wildman–Crippen LogP) is 4.42. The van der Waals surface area contributed by atoms with Crippen molar-refractivity contribution in [2.75, 3.05) is 18.5 Å². The highest BCUT2D eigenvalue weighted by atomic mass is 79.9. The van der Waals surface area contributed by atoms with Crippen LogP contribution >= 0.6 is 15.9 Å². The Morgan fingerprint density at radius 2 is 1.47 bits per heavy atom. The van der Waals surface area contributed by atoms with E-state index in [0.29, 0.717) is 0 Å². The Morgan fingerprint density at radius 3 is 2.00 bits per heavy atom. The number of hydrogen-bond acceptors (Lipinski definition) is 2. The molecular weight excluding hydrogens is 280 g/mol. The molecule has 2 nitrogen and oxygen atoms in total. The van der Waals surface area contributed by atoms with Gasteiger partial charge in [0.05, 0.1) is 13.2 Å². The van der Waals surface area contributed by atoms with Crippen molar-refractivity contribution in [3.05, 3.63) is 24.3 Å². The molecule has 96 valence electrons. The van der Waals surface area contributed by atoms with Gasteiger partial charge in [0, 0.05) is 5.33 Å². The van der Waals surface area contributed by atoms with Crippen molar-refractivity contribution >= 4 is 15.9 Å². The number of benzene rings is 1. The third kappa shape index (κ3) is 6.57. The summed E-state index contributed by atoms with van der Waals surface area (Å²) in [5, 5.41) is 1.08. The zero-order chi connectivity index (χ0) is 12.3. The van der Waals surface area contributed by atoms with E-state index in [1.807, 2.05) is 24.3 Å². The molecule has 0 N–H and O–H groups in total. The number of hydrogen-bond donors (Lipinski definition) is 0. The van der Waals surface area contributed by atoms with Gasteiger partial charge in [-0.25, -0.2) is 0 Å². The minimum atomic E-state index is 0.771. The molecule has 0 radical (unpaired) electrons. The first kappa shape index (κ1) is 14.4. The second-order valence-corrected chi connectivity index (χ2v) is 4.71. The standard InChI is InChI=1S/C14H21BrO2/c1-2-11-16-13-6-8-14(9-7-13)17-12-5-3-4-10-15/h6-9H,2-5,10-12H2,1H3. The number of unbranched alkanes of at least 4 members (excludes halogenated alkanes) is 2. The van der Waals surface area contributed by atoms with Crippen molar-refractivity contribution in [2.45, 2.75) is 32.6 Å². The van der Waals surface area contributed by atoms with Gasteiger partial charge >= 0.3 is 0 Å². The van der Waals surface area contributed by atoms with Crippen molar-refractivity contribution in [3.63, 3.8) is 0 Å². The molecule has 0 amide bonds. The first-order chi connectivity index (χ1) is 8.36. The van der Waals surface area contributed by atoms with E-state index in [1.165, 1.54) is 12.8 Å². The van der Waals surface area contributed by atoms with Crippen molar-refractivity contribution in [3.8, 4) is 11.5 Å². The second-order valence-electron chi connectivity index (χ2n) is 3.92. The number of halogens is 1. The van der Waals surface area contributed by atoms with Gasteiger partial charge in [-0.2, -0.15) is 0 Å². The molecule has 0 heterocycles. The maximum Gasteiger partial charge on any atom is 0.119 e. The molecule has 0 aliphatic carbocycles. The Balaban J connectivity index is 2.20. The minimum Gasteiger partial charge on any atom is -0.494 e. The molecule has 0 aliphatic heterocycles. The van der Waals surface area contributed by atoms with Crippen LogP contribution in [0.3, 0.4) is 0 Å². The molecule has 0 aromatic heterocycles. The quantitative estimate of drug-likeness (QED) is 0.496. The van der Waals surface area contributed by atoms with Gasteiger partial charge < -0.3 is 9.47 Å². The third-order valence-corrected chi connectivity index (χ3v) is 2.90. The second kappa shape index (κ2) is 9.34. The Labute approximate surface area is 112 Å². The number of alkyl halides is 1.